The van der Waals surface area contributed by atoms with Crippen LogP contribution in [0.4, 0.5) is 0 Å². The summed E-state index contributed by atoms with van der Waals surface area (Å²) in [6.45, 7) is 9.47. The zero-order valence-electron chi connectivity index (χ0n) is 12.7. The van der Waals surface area contributed by atoms with Crippen LogP contribution in [0.15, 0.2) is 18.3 Å². The van der Waals surface area contributed by atoms with Gasteiger partial charge >= 0.3 is 0 Å². The topological polar surface area (TPSA) is 54.6 Å². The summed E-state index contributed by atoms with van der Waals surface area (Å²) in [6, 6.07) is 4.85. The summed E-state index contributed by atoms with van der Waals surface area (Å²) in [5.41, 5.74) is 7.16. The summed E-state index contributed by atoms with van der Waals surface area (Å²) in [6.07, 6.45) is 1.88. The third kappa shape index (κ3) is 3.48. The van der Waals surface area contributed by atoms with Gasteiger partial charge in [-0.3, -0.25) is 9.80 Å². The van der Waals surface area contributed by atoms with Crippen LogP contribution in [0.3, 0.4) is 0 Å². The maximum absolute atomic E-state index is 5.99. The van der Waals surface area contributed by atoms with Crippen molar-refractivity contribution in [2.45, 2.75) is 25.9 Å². The lowest BCUT2D eigenvalue weighted by molar-refractivity contribution is 0.0801. The van der Waals surface area contributed by atoms with E-state index in [9.17, 15) is 0 Å². The number of aromatic nitrogens is 1. The zero-order valence-corrected chi connectivity index (χ0v) is 12.7. The highest BCUT2D eigenvalue weighted by molar-refractivity contribution is 5.21. The lowest BCUT2D eigenvalue weighted by atomic mass is 10.1. The third-order valence-corrected chi connectivity index (χ3v) is 4.10. The molecule has 1 aromatic heterocycles. The number of nitrogens with zero attached hydrogens (tertiary/aromatic N) is 3. The molecule has 1 fully saturated rings. The summed E-state index contributed by atoms with van der Waals surface area (Å²) < 4.78 is 5.11. The lowest BCUT2D eigenvalue weighted by Crippen LogP contribution is -2.50. The Morgan fingerprint density at radius 1 is 1.20 bits per heavy atom. The van der Waals surface area contributed by atoms with E-state index in [0.717, 1.165) is 26.2 Å². The van der Waals surface area contributed by atoms with Gasteiger partial charge in [0.2, 0.25) is 5.88 Å². The molecule has 2 heterocycles. The van der Waals surface area contributed by atoms with Crippen LogP contribution in [-0.2, 0) is 0 Å². The molecule has 1 atom stereocenters. The predicted molar refractivity (Wildman–Crippen MR) is 80.9 cm³/mol. The first-order valence-corrected chi connectivity index (χ1v) is 7.33. The molecule has 5 heteroatoms. The van der Waals surface area contributed by atoms with Gasteiger partial charge in [-0.05, 0) is 19.4 Å². The largest absolute Gasteiger partial charge is 0.481 e. The summed E-state index contributed by atoms with van der Waals surface area (Å²) in [5.74, 6) is 0.647. The van der Waals surface area contributed by atoms with Gasteiger partial charge in [0, 0.05) is 57.1 Å². The number of nitrogens with two attached hydrogens (primary N) is 1. The second-order valence-electron chi connectivity index (χ2n) is 5.55. The molecule has 1 aliphatic rings. The van der Waals surface area contributed by atoms with Crippen molar-refractivity contribution in [3.63, 3.8) is 0 Å². The van der Waals surface area contributed by atoms with E-state index < -0.39 is 0 Å². The van der Waals surface area contributed by atoms with Crippen LogP contribution in [0.2, 0.25) is 0 Å². The summed E-state index contributed by atoms with van der Waals surface area (Å²) >= 11 is 0. The van der Waals surface area contributed by atoms with E-state index in [1.807, 2.05) is 12.3 Å². The molecule has 20 heavy (non-hydrogen) atoms. The molecule has 0 aromatic carbocycles. The quantitative estimate of drug-likeness (QED) is 0.874. The smallest absolute Gasteiger partial charge is 0.212 e. The minimum atomic E-state index is 0.253. The standard InChI is InChI=1S/C15H26N4O/c1-12(2)18-6-8-19(9-7-18)14(10-16)13-4-5-15(20-3)17-11-13/h4-5,11-12,14H,6-10,16H2,1-3H3. The number of rotatable bonds is 5. The van der Waals surface area contributed by atoms with Crippen LogP contribution >= 0.6 is 0 Å². The van der Waals surface area contributed by atoms with Gasteiger partial charge in [-0.1, -0.05) is 6.07 Å². The molecule has 5 nitrogen and oxygen atoms in total. The van der Waals surface area contributed by atoms with E-state index >= 15 is 0 Å². The van der Waals surface area contributed by atoms with E-state index in [1.54, 1.807) is 7.11 Å². The Hall–Kier alpha value is -1.17. The van der Waals surface area contributed by atoms with Crippen molar-refractivity contribution in [3.05, 3.63) is 23.9 Å². The molecule has 112 valence electrons. The number of hydrogen-bond acceptors (Lipinski definition) is 5. The van der Waals surface area contributed by atoms with Crippen LogP contribution in [0.1, 0.15) is 25.5 Å². The molecular formula is C15H26N4O. The first-order chi connectivity index (χ1) is 9.65. The van der Waals surface area contributed by atoms with Crippen molar-refractivity contribution < 1.29 is 4.74 Å². The van der Waals surface area contributed by atoms with Crippen LogP contribution in [0.5, 0.6) is 5.88 Å². The molecule has 0 spiro atoms. The Bertz CT molecular complexity index is 399. The fraction of sp³-hybridized carbons (Fsp3) is 0.667. The van der Waals surface area contributed by atoms with Crippen molar-refractivity contribution in [2.24, 2.45) is 5.73 Å². The average molecular weight is 278 g/mol. The number of ether oxygens (including phenoxy) is 1. The maximum atomic E-state index is 5.99. The van der Waals surface area contributed by atoms with E-state index in [2.05, 4.69) is 34.7 Å². The van der Waals surface area contributed by atoms with Crippen LogP contribution in [0, 0.1) is 0 Å². The molecule has 1 aliphatic heterocycles. The molecule has 2 rings (SSSR count). The molecule has 0 radical (unpaired) electrons. The minimum absolute atomic E-state index is 0.253. The van der Waals surface area contributed by atoms with Gasteiger partial charge in [0.1, 0.15) is 0 Å². The van der Waals surface area contributed by atoms with E-state index in [4.69, 9.17) is 10.5 Å². The van der Waals surface area contributed by atoms with Crippen LogP contribution in [-0.4, -0.2) is 60.7 Å². The molecule has 2 N–H and O–H groups in total. The van der Waals surface area contributed by atoms with Gasteiger partial charge in [0.15, 0.2) is 0 Å². The second-order valence-corrected chi connectivity index (χ2v) is 5.55. The Balaban J connectivity index is 2.01. The number of piperazine rings is 1. The fourth-order valence-corrected chi connectivity index (χ4v) is 2.77. The Kier molecular flexibility index (Phi) is 5.34. The predicted octanol–water partition coefficient (Wildman–Crippen LogP) is 1.12. The molecule has 1 saturated heterocycles. The Morgan fingerprint density at radius 3 is 2.30 bits per heavy atom. The van der Waals surface area contributed by atoms with E-state index in [1.165, 1.54) is 5.56 Å². The highest BCUT2D eigenvalue weighted by Crippen LogP contribution is 2.22. The minimum Gasteiger partial charge on any atom is -0.481 e. The molecule has 0 amide bonds. The first-order valence-electron chi connectivity index (χ1n) is 7.33. The van der Waals surface area contributed by atoms with Gasteiger partial charge in [-0.25, -0.2) is 4.98 Å². The van der Waals surface area contributed by atoms with Crippen molar-refractivity contribution >= 4 is 0 Å². The number of hydrogen-bond donors (Lipinski definition) is 1. The average Bonchev–Trinajstić information content (AvgIpc) is 2.49. The summed E-state index contributed by atoms with van der Waals surface area (Å²) in [7, 11) is 1.63. The van der Waals surface area contributed by atoms with Crippen LogP contribution < -0.4 is 10.5 Å². The van der Waals surface area contributed by atoms with Crippen molar-refractivity contribution in [2.75, 3.05) is 39.8 Å². The van der Waals surface area contributed by atoms with Gasteiger partial charge < -0.3 is 10.5 Å². The molecule has 1 aromatic rings. The fourth-order valence-electron chi connectivity index (χ4n) is 2.77. The zero-order chi connectivity index (χ0) is 14.5. The van der Waals surface area contributed by atoms with E-state index in [0.29, 0.717) is 18.5 Å². The maximum Gasteiger partial charge on any atom is 0.212 e. The van der Waals surface area contributed by atoms with Gasteiger partial charge in [0.05, 0.1) is 7.11 Å². The SMILES string of the molecule is COc1ccc(C(CN)N2CCN(C(C)C)CC2)cn1. The normalized spacial score (nSPS) is 19.2. The molecule has 0 bridgehead atoms. The first kappa shape index (κ1) is 15.2. The van der Waals surface area contributed by atoms with Crippen molar-refractivity contribution in [3.8, 4) is 5.88 Å². The second kappa shape index (κ2) is 7.02. The van der Waals surface area contributed by atoms with Crippen molar-refractivity contribution in [1.29, 1.82) is 0 Å². The lowest BCUT2D eigenvalue weighted by Gasteiger charge is -2.40. The van der Waals surface area contributed by atoms with Crippen molar-refractivity contribution in [1.82, 2.24) is 14.8 Å². The molecule has 0 saturated carbocycles. The highest BCUT2D eigenvalue weighted by Gasteiger charge is 2.25. The Morgan fingerprint density at radius 2 is 1.85 bits per heavy atom. The molecule has 0 aliphatic carbocycles. The van der Waals surface area contributed by atoms with Gasteiger partial charge in [-0.2, -0.15) is 0 Å². The summed E-state index contributed by atoms with van der Waals surface area (Å²) in [5, 5.41) is 0. The molecular weight excluding hydrogens is 252 g/mol. The van der Waals surface area contributed by atoms with E-state index in [-0.39, 0.29) is 6.04 Å². The third-order valence-electron chi connectivity index (χ3n) is 4.10. The van der Waals surface area contributed by atoms with Gasteiger partial charge in [0.25, 0.3) is 0 Å². The van der Waals surface area contributed by atoms with Gasteiger partial charge in [-0.15, -0.1) is 0 Å². The number of pyridine rings is 1. The van der Waals surface area contributed by atoms with Crippen LogP contribution in [0.25, 0.3) is 0 Å². The summed E-state index contributed by atoms with van der Waals surface area (Å²) in [4.78, 5) is 9.26. The Labute approximate surface area is 121 Å². The number of methoxy groups -OCH3 is 1. The highest BCUT2D eigenvalue weighted by atomic mass is 16.5. The monoisotopic (exact) mass is 278 g/mol. The molecule has 1 unspecified atom stereocenters.